The van der Waals surface area contributed by atoms with Crippen molar-refractivity contribution < 1.29 is 36.7 Å². The number of methoxy groups -OCH3 is 1. The number of fused-ring (bicyclic) bond motifs is 1. The van der Waals surface area contributed by atoms with Gasteiger partial charge in [0.05, 0.1) is 42.3 Å². The number of imide groups is 1. The number of carbonyl (C=O) groups excluding carboxylic acids is 3. The Balaban J connectivity index is 2.17. The number of benzene rings is 2. The summed E-state index contributed by atoms with van der Waals surface area (Å²) in [7, 11) is -2.27. The fraction of sp³-hybridized carbons (Fsp3) is 0.318. The van der Waals surface area contributed by atoms with Crippen LogP contribution in [-0.2, 0) is 14.6 Å². The molecule has 0 bridgehead atoms. The van der Waals surface area contributed by atoms with Crippen molar-refractivity contribution in [1.82, 2.24) is 4.90 Å². The highest BCUT2D eigenvalue weighted by atomic mass is 32.2. The highest BCUT2D eigenvalue weighted by Gasteiger charge is 2.45. The third kappa shape index (κ3) is 4.82. The third-order valence-electron chi connectivity index (χ3n) is 4.98. The number of rotatable bonds is 8. The van der Waals surface area contributed by atoms with Crippen LogP contribution in [0.15, 0.2) is 30.3 Å². The Hall–Kier alpha value is -3.47. The molecule has 0 saturated heterocycles. The zero-order valence-corrected chi connectivity index (χ0v) is 19.3. The quantitative estimate of drug-likeness (QED) is 0.579. The Morgan fingerprint density at radius 3 is 2.36 bits per heavy atom. The first kappa shape index (κ1) is 24.2. The second-order valence-corrected chi connectivity index (χ2v) is 9.64. The first-order valence-electron chi connectivity index (χ1n) is 9.94. The van der Waals surface area contributed by atoms with Crippen LogP contribution in [0.2, 0.25) is 0 Å². The minimum atomic E-state index is -3.70. The average Bonchev–Trinajstić information content (AvgIpc) is 2.99. The van der Waals surface area contributed by atoms with Crippen molar-refractivity contribution in [2.75, 3.05) is 31.0 Å². The fourth-order valence-corrected chi connectivity index (χ4v) is 4.61. The highest BCUT2D eigenvalue weighted by Crippen LogP contribution is 2.39. The predicted octanol–water partition coefficient (Wildman–Crippen LogP) is 2.57. The molecular weight excluding hydrogens is 455 g/mol. The van der Waals surface area contributed by atoms with Gasteiger partial charge in [0, 0.05) is 13.2 Å². The van der Waals surface area contributed by atoms with Gasteiger partial charge < -0.3 is 14.8 Å². The van der Waals surface area contributed by atoms with Gasteiger partial charge in [-0.3, -0.25) is 19.3 Å². The maximum absolute atomic E-state index is 14.6. The minimum Gasteiger partial charge on any atom is -0.493 e. The predicted molar refractivity (Wildman–Crippen MR) is 118 cm³/mol. The number of hydrogen-bond donors (Lipinski definition) is 1. The van der Waals surface area contributed by atoms with E-state index in [1.54, 1.807) is 6.92 Å². The summed E-state index contributed by atoms with van der Waals surface area (Å²) < 4.78 is 49.9. The first-order chi connectivity index (χ1) is 15.5. The summed E-state index contributed by atoms with van der Waals surface area (Å²) >= 11 is 0. The SMILES string of the molecule is CCOc1cc([C@@H](CS(C)(=O)=O)N2C(=O)c3c(F)ccc(NC(C)=O)c3C2=O)ccc1OC. The van der Waals surface area contributed by atoms with Crippen molar-refractivity contribution in [3.63, 3.8) is 0 Å². The molecule has 0 aromatic heterocycles. The molecule has 9 nitrogen and oxygen atoms in total. The molecule has 3 amide bonds. The average molecular weight is 478 g/mol. The van der Waals surface area contributed by atoms with Crippen molar-refractivity contribution in [2.45, 2.75) is 19.9 Å². The van der Waals surface area contributed by atoms with E-state index in [1.807, 2.05) is 0 Å². The number of anilines is 1. The molecule has 0 unspecified atom stereocenters. The summed E-state index contributed by atoms with van der Waals surface area (Å²) in [5.41, 5.74) is -0.612. The maximum atomic E-state index is 14.6. The van der Waals surface area contributed by atoms with Gasteiger partial charge in [0.2, 0.25) is 5.91 Å². The number of sulfone groups is 1. The summed E-state index contributed by atoms with van der Waals surface area (Å²) in [5, 5.41) is 2.41. The van der Waals surface area contributed by atoms with Crippen molar-refractivity contribution in [3.8, 4) is 11.5 Å². The number of hydrogen-bond acceptors (Lipinski definition) is 7. The molecule has 1 heterocycles. The molecule has 0 radical (unpaired) electrons. The summed E-state index contributed by atoms with van der Waals surface area (Å²) in [4.78, 5) is 38.8. The molecular formula is C22H23FN2O7S. The van der Waals surface area contributed by atoms with Crippen molar-refractivity contribution in [3.05, 3.63) is 52.8 Å². The lowest BCUT2D eigenvalue weighted by atomic mass is 10.1. The molecule has 1 aliphatic heterocycles. The summed E-state index contributed by atoms with van der Waals surface area (Å²) in [6.07, 6.45) is 0.967. The summed E-state index contributed by atoms with van der Waals surface area (Å²) in [6, 6.07) is 5.37. The molecule has 11 heteroatoms. The van der Waals surface area contributed by atoms with Gasteiger partial charge in [0.15, 0.2) is 11.5 Å². The standard InChI is InChI=1S/C22H23FN2O7S/c1-5-32-18-10-13(6-9-17(18)31-3)16(11-33(4,29)30)25-21(27)19-14(23)7-8-15(24-12(2)26)20(19)22(25)28/h6-10,16H,5,11H2,1-4H3,(H,24,26)/t16-/m1/s1. The zero-order valence-electron chi connectivity index (χ0n) is 18.5. The second kappa shape index (κ2) is 9.18. The van der Waals surface area contributed by atoms with Gasteiger partial charge >= 0.3 is 0 Å². The topological polar surface area (TPSA) is 119 Å². The third-order valence-corrected chi connectivity index (χ3v) is 5.90. The van der Waals surface area contributed by atoms with Crippen LogP contribution in [0.4, 0.5) is 10.1 Å². The Morgan fingerprint density at radius 1 is 1.12 bits per heavy atom. The van der Waals surface area contributed by atoms with Gasteiger partial charge in [-0.1, -0.05) is 6.07 Å². The molecule has 0 aliphatic carbocycles. The summed E-state index contributed by atoms with van der Waals surface area (Å²) in [6.45, 7) is 3.24. The largest absolute Gasteiger partial charge is 0.493 e. The van der Waals surface area contributed by atoms with Crippen LogP contribution >= 0.6 is 0 Å². The molecule has 1 atom stereocenters. The van der Waals surface area contributed by atoms with E-state index in [1.165, 1.54) is 38.3 Å². The maximum Gasteiger partial charge on any atom is 0.265 e. The lowest BCUT2D eigenvalue weighted by molar-refractivity contribution is -0.114. The van der Waals surface area contributed by atoms with Crippen LogP contribution in [0.25, 0.3) is 0 Å². The Bertz CT molecular complexity index is 1240. The molecule has 0 fully saturated rings. The molecule has 176 valence electrons. The number of halogens is 1. The first-order valence-corrected chi connectivity index (χ1v) is 12.0. The van der Waals surface area contributed by atoms with Gasteiger partial charge in [0.1, 0.15) is 15.7 Å². The van der Waals surface area contributed by atoms with Gasteiger partial charge in [-0.25, -0.2) is 12.8 Å². The van der Waals surface area contributed by atoms with Crippen LogP contribution in [0.3, 0.4) is 0 Å². The Kier molecular flexibility index (Phi) is 6.73. The molecule has 1 N–H and O–H groups in total. The van der Waals surface area contributed by atoms with Crippen LogP contribution in [-0.4, -0.2) is 56.8 Å². The fourth-order valence-electron chi connectivity index (χ4n) is 3.69. The lowest BCUT2D eigenvalue weighted by Gasteiger charge is -2.27. The van der Waals surface area contributed by atoms with Gasteiger partial charge in [-0.05, 0) is 36.8 Å². The lowest BCUT2D eigenvalue weighted by Crippen LogP contribution is -2.38. The number of ether oxygens (including phenoxy) is 2. The van der Waals surface area contributed by atoms with E-state index in [0.29, 0.717) is 10.6 Å². The van der Waals surface area contributed by atoms with Crippen molar-refractivity contribution >= 4 is 33.2 Å². The van der Waals surface area contributed by atoms with Gasteiger partial charge in [-0.2, -0.15) is 0 Å². The van der Waals surface area contributed by atoms with Crippen molar-refractivity contribution in [2.24, 2.45) is 0 Å². The molecule has 2 aromatic rings. The smallest absolute Gasteiger partial charge is 0.265 e. The van der Waals surface area contributed by atoms with Crippen LogP contribution in [0, 0.1) is 5.82 Å². The molecule has 0 saturated carbocycles. The highest BCUT2D eigenvalue weighted by molar-refractivity contribution is 7.90. The van der Waals surface area contributed by atoms with E-state index in [-0.39, 0.29) is 29.2 Å². The number of nitrogens with zero attached hydrogens (tertiary/aromatic N) is 1. The Labute approximate surface area is 190 Å². The molecule has 2 aromatic carbocycles. The minimum absolute atomic E-state index is 0.0393. The van der Waals surface area contributed by atoms with E-state index in [9.17, 15) is 27.2 Å². The molecule has 1 aliphatic rings. The molecule has 0 spiro atoms. The van der Waals surface area contributed by atoms with Gasteiger partial charge in [-0.15, -0.1) is 0 Å². The molecule has 3 rings (SSSR count). The second-order valence-electron chi connectivity index (χ2n) is 7.46. The Morgan fingerprint density at radius 2 is 1.79 bits per heavy atom. The molecule has 33 heavy (non-hydrogen) atoms. The number of amides is 3. The van der Waals surface area contributed by atoms with E-state index in [0.717, 1.165) is 12.3 Å². The van der Waals surface area contributed by atoms with Gasteiger partial charge in [0.25, 0.3) is 11.8 Å². The van der Waals surface area contributed by atoms with E-state index in [4.69, 9.17) is 9.47 Å². The van der Waals surface area contributed by atoms with Crippen molar-refractivity contribution in [1.29, 1.82) is 0 Å². The van der Waals surface area contributed by atoms with E-state index >= 15 is 0 Å². The van der Waals surface area contributed by atoms with E-state index < -0.39 is 50.7 Å². The zero-order chi connectivity index (χ0) is 24.5. The number of nitrogens with one attached hydrogen (secondary N) is 1. The normalized spacial score (nSPS) is 14.2. The van der Waals surface area contributed by atoms with Crippen LogP contribution < -0.4 is 14.8 Å². The number of carbonyl (C=O) groups is 3. The summed E-state index contributed by atoms with van der Waals surface area (Å²) in [5.74, 6) is -3.33. The monoisotopic (exact) mass is 478 g/mol. The van der Waals surface area contributed by atoms with Crippen LogP contribution in [0.1, 0.15) is 46.2 Å². The van der Waals surface area contributed by atoms with Crippen LogP contribution in [0.5, 0.6) is 11.5 Å². The van der Waals surface area contributed by atoms with E-state index in [2.05, 4.69) is 5.32 Å².